The van der Waals surface area contributed by atoms with E-state index in [1.54, 1.807) is 25.2 Å². The average Bonchev–Trinajstić information content (AvgIpc) is 3.07. The van der Waals surface area contributed by atoms with Crippen LogP contribution in [-0.4, -0.2) is 46.0 Å². The van der Waals surface area contributed by atoms with Crippen molar-refractivity contribution in [2.45, 2.75) is 26.8 Å². The van der Waals surface area contributed by atoms with Gasteiger partial charge in [0.25, 0.3) is 0 Å². The molecule has 1 aromatic heterocycles. The second-order valence-electron chi connectivity index (χ2n) is 6.49. The van der Waals surface area contributed by atoms with Crippen LogP contribution in [-0.2, 0) is 27.3 Å². The lowest BCUT2D eigenvalue weighted by Gasteiger charge is -2.10. The highest BCUT2D eigenvalue weighted by Gasteiger charge is 2.25. The van der Waals surface area contributed by atoms with Gasteiger partial charge >= 0.3 is 11.7 Å². The summed E-state index contributed by atoms with van der Waals surface area (Å²) >= 11 is 0. The first kappa shape index (κ1) is 19.2. The molecule has 146 valence electrons. The van der Waals surface area contributed by atoms with Crippen molar-refractivity contribution < 1.29 is 24.0 Å². The van der Waals surface area contributed by atoms with E-state index in [0.29, 0.717) is 5.56 Å². The molecule has 0 aliphatic carbocycles. The molecule has 0 saturated heterocycles. The monoisotopic (exact) mass is 386 g/mol. The molecule has 2 heterocycles. The van der Waals surface area contributed by atoms with Crippen LogP contribution in [0.15, 0.2) is 18.2 Å². The number of ketones is 1. The zero-order valence-electron chi connectivity index (χ0n) is 15.6. The zero-order valence-corrected chi connectivity index (χ0v) is 15.6. The summed E-state index contributed by atoms with van der Waals surface area (Å²) in [6, 6.07) is 4.88. The maximum Gasteiger partial charge on any atom is 0.328 e. The van der Waals surface area contributed by atoms with E-state index in [1.165, 1.54) is 23.4 Å². The van der Waals surface area contributed by atoms with Crippen LogP contribution >= 0.6 is 0 Å². The number of amides is 1. The number of esters is 1. The first-order valence-corrected chi connectivity index (χ1v) is 8.45. The van der Waals surface area contributed by atoms with Crippen LogP contribution < -0.4 is 4.90 Å². The molecule has 1 aliphatic heterocycles. The first-order valence-electron chi connectivity index (χ1n) is 8.45. The Balaban J connectivity index is 1.62. The summed E-state index contributed by atoms with van der Waals surface area (Å²) in [6.07, 6.45) is 0.226. The van der Waals surface area contributed by atoms with E-state index in [4.69, 9.17) is 4.74 Å². The lowest BCUT2D eigenvalue weighted by atomic mass is 10.1. The van der Waals surface area contributed by atoms with Crippen LogP contribution in [0.5, 0.6) is 0 Å². The summed E-state index contributed by atoms with van der Waals surface area (Å²) in [7, 11) is 1.67. The number of Topliss-reactive ketones (excluding diaryl/α,β-unsaturated/α-hetero) is 1. The van der Waals surface area contributed by atoms with E-state index in [9.17, 15) is 24.5 Å². The molecular formula is C18H18N4O6. The van der Waals surface area contributed by atoms with Gasteiger partial charge in [-0.05, 0) is 37.6 Å². The van der Waals surface area contributed by atoms with E-state index in [0.717, 1.165) is 11.3 Å². The van der Waals surface area contributed by atoms with Crippen molar-refractivity contribution in [3.05, 3.63) is 50.8 Å². The third-order valence-electron chi connectivity index (χ3n) is 4.65. The fraction of sp³-hybridized carbons (Fsp3) is 0.333. The van der Waals surface area contributed by atoms with Gasteiger partial charge in [-0.15, -0.1) is 0 Å². The molecule has 10 nitrogen and oxygen atoms in total. The molecule has 1 aromatic carbocycles. The van der Waals surface area contributed by atoms with Gasteiger partial charge in [0.05, 0.1) is 11.3 Å². The highest BCUT2D eigenvalue weighted by molar-refractivity contribution is 6.03. The molecule has 0 atom stereocenters. The number of hydrogen-bond acceptors (Lipinski definition) is 7. The number of anilines is 1. The Hall–Kier alpha value is -3.56. The van der Waals surface area contributed by atoms with E-state index in [-0.39, 0.29) is 35.9 Å². The van der Waals surface area contributed by atoms with Gasteiger partial charge < -0.3 is 9.64 Å². The number of fused-ring (bicyclic) bond motifs is 1. The number of benzene rings is 1. The van der Waals surface area contributed by atoms with Gasteiger partial charge in [0.1, 0.15) is 17.9 Å². The molecule has 0 radical (unpaired) electrons. The van der Waals surface area contributed by atoms with Crippen molar-refractivity contribution in [1.29, 1.82) is 0 Å². The third kappa shape index (κ3) is 3.48. The minimum absolute atomic E-state index is 0.0509. The zero-order chi connectivity index (χ0) is 20.6. The molecule has 0 unspecified atom stereocenters. The number of rotatable bonds is 6. The number of nitro groups is 1. The lowest BCUT2D eigenvalue weighted by molar-refractivity contribution is -0.386. The second kappa shape index (κ2) is 7.22. The number of aryl methyl sites for hydroxylation is 1. The summed E-state index contributed by atoms with van der Waals surface area (Å²) in [5, 5.41) is 15.0. The minimum atomic E-state index is -0.732. The normalized spacial score (nSPS) is 12.8. The molecule has 3 rings (SSSR count). The summed E-state index contributed by atoms with van der Waals surface area (Å²) in [5.41, 5.74) is 2.13. The highest BCUT2D eigenvalue weighted by Crippen LogP contribution is 2.28. The lowest BCUT2D eigenvalue weighted by Crippen LogP contribution is -2.20. The topological polar surface area (TPSA) is 125 Å². The second-order valence-corrected chi connectivity index (χ2v) is 6.49. The van der Waals surface area contributed by atoms with Crippen LogP contribution in [0.3, 0.4) is 0 Å². The van der Waals surface area contributed by atoms with Crippen molar-refractivity contribution in [3.8, 4) is 0 Å². The molecule has 0 N–H and O–H groups in total. The van der Waals surface area contributed by atoms with Crippen LogP contribution in [0, 0.1) is 24.0 Å². The molecular weight excluding hydrogens is 368 g/mol. The molecule has 2 aromatic rings. The Bertz CT molecular complexity index is 1010. The van der Waals surface area contributed by atoms with Crippen LogP contribution in [0.2, 0.25) is 0 Å². The maximum atomic E-state index is 12.3. The summed E-state index contributed by atoms with van der Waals surface area (Å²) in [4.78, 5) is 48.0. The molecule has 0 fully saturated rings. The SMILES string of the molecule is Cc1nn(CC(=O)OCC(=O)c2ccc3c(c2)CC(=O)N3C)c(C)c1[N+](=O)[O-]. The standard InChI is InChI=1S/C18H18N4O6/c1-10-18(22(26)27)11(2)21(19-10)8-17(25)28-9-15(23)12-4-5-14-13(6-12)7-16(24)20(14)3/h4-6H,7-9H2,1-3H3. The summed E-state index contributed by atoms with van der Waals surface area (Å²) in [6.45, 7) is 2.16. The van der Waals surface area contributed by atoms with E-state index >= 15 is 0 Å². The number of carbonyl (C=O) groups excluding carboxylic acids is 3. The van der Waals surface area contributed by atoms with Crippen LogP contribution in [0.4, 0.5) is 11.4 Å². The number of likely N-dealkylation sites (N-methyl/N-ethyl adjacent to an activating group) is 1. The number of aromatic nitrogens is 2. The molecule has 1 amide bonds. The van der Waals surface area contributed by atoms with Gasteiger partial charge in [-0.1, -0.05) is 0 Å². The van der Waals surface area contributed by atoms with Crippen molar-refractivity contribution in [2.24, 2.45) is 0 Å². The maximum absolute atomic E-state index is 12.3. The van der Waals surface area contributed by atoms with Gasteiger partial charge in [0.2, 0.25) is 5.91 Å². The Kier molecular flexibility index (Phi) is 4.95. The Morgan fingerprint density at radius 1 is 1.32 bits per heavy atom. The molecule has 0 saturated carbocycles. The molecule has 0 spiro atoms. The first-order chi connectivity index (χ1) is 13.2. The minimum Gasteiger partial charge on any atom is -0.456 e. The van der Waals surface area contributed by atoms with Gasteiger partial charge in [-0.2, -0.15) is 5.10 Å². The number of hydrogen-bond donors (Lipinski definition) is 0. The van der Waals surface area contributed by atoms with Gasteiger partial charge in [0, 0.05) is 18.3 Å². The predicted molar refractivity (Wildman–Crippen MR) is 97.2 cm³/mol. The van der Waals surface area contributed by atoms with Gasteiger partial charge in [0.15, 0.2) is 12.4 Å². The largest absolute Gasteiger partial charge is 0.456 e. The quantitative estimate of drug-likeness (QED) is 0.318. The van der Waals surface area contributed by atoms with Gasteiger partial charge in [-0.3, -0.25) is 29.2 Å². The Morgan fingerprint density at radius 2 is 2.04 bits per heavy atom. The fourth-order valence-electron chi connectivity index (χ4n) is 3.15. The average molecular weight is 386 g/mol. The van der Waals surface area contributed by atoms with Crippen molar-refractivity contribution in [2.75, 3.05) is 18.6 Å². The Labute approximate surface area is 159 Å². The number of carbonyl (C=O) groups is 3. The van der Waals surface area contributed by atoms with E-state index in [1.807, 2.05) is 0 Å². The van der Waals surface area contributed by atoms with Crippen LogP contribution in [0.25, 0.3) is 0 Å². The van der Waals surface area contributed by atoms with Crippen molar-refractivity contribution in [3.63, 3.8) is 0 Å². The Morgan fingerprint density at radius 3 is 2.68 bits per heavy atom. The molecule has 1 aliphatic rings. The van der Waals surface area contributed by atoms with Gasteiger partial charge in [-0.25, -0.2) is 0 Å². The summed E-state index contributed by atoms with van der Waals surface area (Å²) in [5.74, 6) is -1.19. The highest BCUT2D eigenvalue weighted by atomic mass is 16.6. The van der Waals surface area contributed by atoms with Crippen LogP contribution in [0.1, 0.15) is 27.3 Å². The summed E-state index contributed by atoms with van der Waals surface area (Å²) < 4.78 is 6.17. The van der Waals surface area contributed by atoms with Crippen molar-refractivity contribution >= 4 is 29.0 Å². The number of nitrogens with zero attached hydrogens (tertiary/aromatic N) is 4. The molecule has 0 bridgehead atoms. The number of ether oxygens (including phenoxy) is 1. The van der Waals surface area contributed by atoms with Crippen molar-refractivity contribution in [1.82, 2.24) is 9.78 Å². The molecule has 28 heavy (non-hydrogen) atoms. The smallest absolute Gasteiger partial charge is 0.328 e. The fourth-order valence-corrected chi connectivity index (χ4v) is 3.15. The predicted octanol–water partition coefficient (Wildman–Crippen LogP) is 1.35. The molecule has 10 heteroatoms. The van der Waals surface area contributed by atoms with E-state index in [2.05, 4.69) is 5.10 Å². The van der Waals surface area contributed by atoms with E-state index < -0.39 is 23.3 Å². The third-order valence-corrected chi connectivity index (χ3v) is 4.65.